The van der Waals surface area contributed by atoms with Crippen molar-refractivity contribution in [3.63, 3.8) is 0 Å². The van der Waals surface area contributed by atoms with Gasteiger partial charge in [-0.2, -0.15) is 0 Å². The van der Waals surface area contributed by atoms with Gasteiger partial charge in [0.1, 0.15) is 5.54 Å². The van der Waals surface area contributed by atoms with E-state index in [2.05, 4.69) is 26.2 Å². The predicted octanol–water partition coefficient (Wildman–Crippen LogP) is 0.905. The average Bonchev–Trinajstić information content (AvgIpc) is 2.16. The summed E-state index contributed by atoms with van der Waals surface area (Å²) in [5, 5.41) is 0. The van der Waals surface area contributed by atoms with Crippen LogP contribution in [0.1, 0.15) is 33.6 Å². The summed E-state index contributed by atoms with van der Waals surface area (Å²) in [6, 6.07) is 0. The lowest BCUT2D eigenvalue weighted by molar-refractivity contribution is -0.496. The second kappa shape index (κ2) is 5.02. The van der Waals surface area contributed by atoms with Gasteiger partial charge in [0.05, 0.1) is 0 Å². The minimum atomic E-state index is -0.373. The number of carbonyl (C=O) groups excluding carboxylic acids is 1. The van der Waals surface area contributed by atoms with Crippen LogP contribution in [0.4, 0.5) is 0 Å². The van der Waals surface area contributed by atoms with E-state index in [1.807, 2.05) is 6.92 Å². The van der Waals surface area contributed by atoms with Crippen LogP contribution in [0.2, 0.25) is 0 Å². The van der Waals surface area contributed by atoms with Crippen LogP contribution in [0.3, 0.4) is 0 Å². The molecular formula is C10H20NO2+. The molecule has 0 aliphatic carbocycles. The summed E-state index contributed by atoms with van der Waals surface area (Å²) in [6.45, 7) is 9.33. The van der Waals surface area contributed by atoms with Crippen molar-refractivity contribution in [3.05, 3.63) is 12.7 Å². The van der Waals surface area contributed by atoms with Crippen molar-refractivity contribution >= 4 is 5.97 Å². The van der Waals surface area contributed by atoms with E-state index in [0.29, 0.717) is 0 Å². The second-order valence-corrected chi connectivity index (χ2v) is 3.35. The Hall–Kier alpha value is -0.830. The molecule has 13 heavy (non-hydrogen) atoms. The third-order valence-corrected chi connectivity index (χ3v) is 2.73. The fourth-order valence-corrected chi connectivity index (χ4v) is 1.17. The van der Waals surface area contributed by atoms with Gasteiger partial charge in [-0.3, -0.25) is 0 Å². The van der Waals surface area contributed by atoms with Gasteiger partial charge >= 0.3 is 5.97 Å². The molecule has 0 aromatic rings. The highest BCUT2D eigenvalue weighted by Crippen LogP contribution is 2.16. The number of quaternary nitrogens is 1. The maximum atomic E-state index is 10.9. The standard InChI is InChI=1S/C10H19NO2/c1-5-9(12)13-8(4)10(11,6-2)7-3/h5,8H,1,6-7,11H2,2-4H3/p+1. The number of esters is 1. The lowest BCUT2D eigenvalue weighted by atomic mass is 9.88. The zero-order valence-corrected chi connectivity index (χ0v) is 8.80. The Morgan fingerprint density at radius 3 is 2.38 bits per heavy atom. The number of hydrogen-bond acceptors (Lipinski definition) is 2. The number of ether oxygens (including phenoxy) is 1. The van der Waals surface area contributed by atoms with Crippen molar-refractivity contribution in [2.24, 2.45) is 0 Å². The van der Waals surface area contributed by atoms with E-state index in [0.717, 1.165) is 12.8 Å². The largest absolute Gasteiger partial charge is 0.453 e. The first kappa shape index (κ1) is 12.2. The van der Waals surface area contributed by atoms with E-state index < -0.39 is 0 Å². The van der Waals surface area contributed by atoms with Crippen molar-refractivity contribution < 1.29 is 15.3 Å². The first-order valence-corrected chi connectivity index (χ1v) is 4.68. The smallest absolute Gasteiger partial charge is 0.330 e. The molecule has 3 nitrogen and oxygen atoms in total. The highest BCUT2D eigenvalue weighted by molar-refractivity contribution is 5.81. The molecule has 76 valence electrons. The van der Waals surface area contributed by atoms with E-state index in [-0.39, 0.29) is 17.6 Å². The van der Waals surface area contributed by atoms with Crippen LogP contribution < -0.4 is 5.73 Å². The quantitative estimate of drug-likeness (QED) is 0.512. The second-order valence-electron chi connectivity index (χ2n) is 3.35. The van der Waals surface area contributed by atoms with Crippen LogP contribution in [-0.2, 0) is 9.53 Å². The topological polar surface area (TPSA) is 53.9 Å². The molecule has 0 aliphatic heterocycles. The summed E-state index contributed by atoms with van der Waals surface area (Å²) in [5.41, 5.74) is 3.91. The van der Waals surface area contributed by atoms with Gasteiger partial charge < -0.3 is 10.5 Å². The fourth-order valence-electron chi connectivity index (χ4n) is 1.17. The molecular weight excluding hydrogens is 166 g/mol. The summed E-state index contributed by atoms with van der Waals surface area (Å²) in [5.74, 6) is -0.373. The van der Waals surface area contributed by atoms with E-state index >= 15 is 0 Å². The van der Waals surface area contributed by atoms with Crippen molar-refractivity contribution in [2.75, 3.05) is 0 Å². The Kier molecular flexibility index (Phi) is 4.70. The van der Waals surface area contributed by atoms with Gasteiger partial charge in [-0.25, -0.2) is 4.79 Å². The first-order chi connectivity index (χ1) is 6.00. The van der Waals surface area contributed by atoms with Crippen LogP contribution in [0.5, 0.6) is 0 Å². The average molecular weight is 186 g/mol. The Balaban J connectivity index is 4.29. The Morgan fingerprint density at radius 1 is 1.62 bits per heavy atom. The van der Waals surface area contributed by atoms with Gasteiger partial charge in [-0.15, -0.1) is 0 Å². The zero-order chi connectivity index (χ0) is 10.5. The molecule has 0 aromatic carbocycles. The molecule has 0 saturated heterocycles. The summed E-state index contributed by atoms with van der Waals surface area (Å²) in [4.78, 5) is 10.9. The van der Waals surface area contributed by atoms with Crippen molar-refractivity contribution in [1.82, 2.24) is 0 Å². The third kappa shape index (κ3) is 3.19. The van der Waals surface area contributed by atoms with E-state index in [9.17, 15) is 4.79 Å². The van der Waals surface area contributed by atoms with Crippen LogP contribution in [0.15, 0.2) is 12.7 Å². The predicted molar refractivity (Wildman–Crippen MR) is 52.0 cm³/mol. The molecule has 1 atom stereocenters. The molecule has 0 rings (SSSR count). The van der Waals surface area contributed by atoms with Gasteiger partial charge in [0.2, 0.25) is 0 Å². The normalized spacial score (nSPS) is 13.5. The summed E-state index contributed by atoms with van der Waals surface area (Å²) in [7, 11) is 0. The minimum absolute atomic E-state index is 0.159. The number of hydrogen-bond donors (Lipinski definition) is 1. The lowest BCUT2D eigenvalue weighted by Gasteiger charge is -2.28. The molecule has 0 spiro atoms. The molecule has 0 aromatic heterocycles. The molecule has 0 amide bonds. The van der Waals surface area contributed by atoms with Crippen molar-refractivity contribution in [1.29, 1.82) is 0 Å². The van der Waals surface area contributed by atoms with Crippen LogP contribution in [0.25, 0.3) is 0 Å². The SMILES string of the molecule is C=CC(=O)OC(C)C([NH3+])(CC)CC. The molecule has 0 bridgehead atoms. The van der Waals surface area contributed by atoms with Gasteiger partial charge in [0.15, 0.2) is 6.10 Å². The monoisotopic (exact) mass is 186 g/mol. The van der Waals surface area contributed by atoms with Crippen LogP contribution in [0, 0.1) is 0 Å². The number of rotatable bonds is 5. The Bertz CT molecular complexity index is 185. The van der Waals surface area contributed by atoms with Gasteiger partial charge in [-0.1, -0.05) is 20.4 Å². The van der Waals surface area contributed by atoms with Crippen molar-refractivity contribution in [3.8, 4) is 0 Å². The Labute approximate surface area is 79.9 Å². The molecule has 3 heteroatoms. The molecule has 3 N–H and O–H groups in total. The van der Waals surface area contributed by atoms with E-state index in [4.69, 9.17) is 4.74 Å². The molecule has 0 saturated carbocycles. The summed E-state index contributed by atoms with van der Waals surface area (Å²) in [6.07, 6.45) is 2.82. The molecule has 0 radical (unpaired) electrons. The molecule has 0 heterocycles. The Morgan fingerprint density at radius 2 is 2.08 bits per heavy atom. The van der Waals surface area contributed by atoms with Crippen molar-refractivity contribution in [2.45, 2.75) is 45.3 Å². The maximum Gasteiger partial charge on any atom is 0.330 e. The molecule has 0 aliphatic rings. The van der Waals surface area contributed by atoms with Gasteiger partial charge in [0.25, 0.3) is 0 Å². The van der Waals surface area contributed by atoms with Gasteiger partial charge in [-0.05, 0) is 6.92 Å². The summed E-state index contributed by atoms with van der Waals surface area (Å²) >= 11 is 0. The van der Waals surface area contributed by atoms with E-state index in [1.54, 1.807) is 0 Å². The highest BCUT2D eigenvalue weighted by atomic mass is 16.5. The summed E-state index contributed by atoms with van der Waals surface area (Å²) < 4.78 is 5.13. The molecule has 0 fully saturated rings. The highest BCUT2D eigenvalue weighted by Gasteiger charge is 2.34. The fraction of sp³-hybridized carbons (Fsp3) is 0.700. The van der Waals surface area contributed by atoms with E-state index in [1.165, 1.54) is 6.08 Å². The van der Waals surface area contributed by atoms with Gasteiger partial charge in [0, 0.05) is 18.9 Å². The van der Waals surface area contributed by atoms with Crippen LogP contribution >= 0.6 is 0 Å². The third-order valence-electron chi connectivity index (χ3n) is 2.73. The maximum absolute atomic E-state index is 10.9. The first-order valence-electron chi connectivity index (χ1n) is 4.68. The zero-order valence-electron chi connectivity index (χ0n) is 8.80. The molecule has 1 unspecified atom stereocenters. The number of carbonyl (C=O) groups is 1. The lowest BCUT2D eigenvalue weighted by Crippen LogP contribution is -2.77. The minimum Gasteiger partial charge on any atom is -0.453 e. The van der Waals surface area contributed by atoms with Crippen LogP contribution in [-0.4, -0.2) is 17.6 Å².